The van der Waals surface area contributed by atoms with E-state index in [2.05, 4.69) is 10.0 Å². The fourth-order valence-electron chi connectivity index (χ4n) is 2.55. The Morgan fingerprint density at radius 1 is 1.07 bits per heavy atom. The molecule has 1 unspecified atom stereocenters. The molecule has 0 bridgehead atoms. The van der Waals surface area contributed by atoms with Crippen LogP contribution in [-0.2, 0) is 16.3 Å². The highest BCUT2D eigenvalue weighted by atomic mass is 32.2. The highest BCUT2D eigenvalue weighted by Gasteiger charge is 2.49. The van der Waals surface area contributed by atoms with E-state index in [-0.39, 0.29) is 11.3 Å². The maximum atomic E-state index is 13.4. The lowest BCUT2D eigenvalue weighted by Gasteiger charge is -2.19. The van der Waals surface area contributed by atoms with Gasteiger partial charge in [-0.15, -0.1) is 0 Å². The van der Waals surface area contributed by atoms with Crippen LogP contribution in [0.5, 0.6) is 0 Å². The van der Waals surface area contributed by atoms with Crippen LogP contribution < -0.4 is 0 Å². The molecule has 1 atom stereocenters. The molecule has 0 aliphatic rings. The highest BCUT2D eigenvalue weighted by molar-refractivity contribution is 7.93. The van der Waals surface area contributed by atoms with Gasteiger partial charge in [0.25, 0.3) is 9.84 Å². The fourth-order valence-corrected chi connectivity index (χ4v) is 4.19. The first kappa shape index (κ1) is 20.1. The summed E-state index contributed by atoms with van der Waals surface area (Å²) in [5.74, 6) is 0. The summed E-state index contributed by atoms with van der Waals surface area (Å²) in [6, 6.07) is 15.5. The van der Waals surface area contributed by atoms with Gasteiger partial charge in [0.05, 0.1) is 17.5 Å². The lowest BCUT2D eigenvalue weighted by molar-refractivity contribution is 0.322. The Balaban J connectivity index is 2.56. The zero-order valence-electron chi connectivity index (χ0n) is 14.9. The molecule has 138 valence electrons. The van der Waals surface area contributed by atoms with Gasteiger partial charge in [0.1, 0.15) is 0 Å². The Labute approximate surface area is 159 Å². The normalized spacial score (nSPS) is 14.5. The number of nitrogens with zero attached hydrogens (tertiary/aromatic N) is 2. The number of sulfone groups is 1. The van der Waals surface area contributed by atoms with Crippen molar-refractivity contribution in [1.82, 2.24) is 0 Å². The molecule has 1 N–H and O–H groups in total. The molecule has 2 aromatic carbocycles. The van der Waals surface area contributed by atoms with E-state index in [9.17, 15) is 8.42 Å². The van der Waals surface area contributed by atoms with Gasteiger partial charge in [0.15, 0.2) is 0 Å². The van der Waals surface area contributed by atoms with Crippen molar-refractivity contribution in [2.24, 2.45) is 5.16 Å². The maximum Gasteiger partial charge on any atom is 0.356 e. The summed E-state index contributed by atoms with van der Waals surface area (Å²) in [6.45, 7) is 9.60. The van der Waals surface area contributed by atoms with Crippen LogP contribution in [-0.4, -0.2) is 24.7 Å². The molecule has 27 heavy (non-hydrogen) atoms. The molecule has 0 aliphatic heterocycles. The lowest BCUT2D eigenvalue weighted by atomic mass is 10.1. The van der Waals surface area contributed by atoms with E-state index in [1.807, 2.05) is 25.1 Å². The largest absolute Gasteiger partial charge is 0.411 e. The number of hydrogen-bond acceptors (Lipinski definition) is 4. The number of aryl methyl sites for hydroxylation is 1. The van der Waals surface area contributed by atoms with Crippen molar-refractivity contribution in [3.8, 4) is 0 Å². The Kier molecular flexibility index (Phi) is 6.69. The minimum absolute atomic E-state index is 0.0198. The van der Waals surface area contributed by atoms with Gasteiger partial charge in [-0.1, -0.05) is 65.3 Å². The Bertz CT molecular complexity index is 986. The molecule has 5 nitrogen and oxygen atoms in total. The van der Waals surface area contributed by atoms with Crippen LogP contribution >= 0.6 is 0 Å². The van der Waals surface area contributed by atoms with Crippen molar-refractivity contribution < 1.29 is 13.6 Å². The van der Waals surface area contributed by atoms with E-state index in [0.717, 1.165) is 17.3 Å². The van der Waals surface area contributed by atoms with E-state index in [0.29, 0.717) is 0 Å². The van der Waals surface area contributed by atoms with Gasteiger partial charge in [-0.25, -0.2) is 15.0 Å². The molecule has 0 spiro atoms. The summed E-state index contributed by atoms with van der Waals surface area (Å²) >= 11 is 0. The first-order valence-corrected chi connectivity index (χ1v) is 9.69. The third-order valence-electron chi connectivity index (χ3n) is 4.02. The third kappa shape index (κ3) is 4.72. The molecule has 2 aromatic rings. The van der Waals surface area contributed by atoms with Crippen LogP contribution in [0.4, 0.5) is 0 Å². The Hall–Kier alpha value is -3.17. The van der Waals surface area contributed by atoms with Gasteiger partial charge in [-0.3, -0.25) is 4.85 Å². The van der Waals surface area contributed by atoms with Crippen molar-refractivity contribution >= 4 is 16.1 Å². The summed E-state index contributed by atoms with van der Waals surface area (Å²) in [5, 5.41) is 11.3. The van der Waals surface area contributed by atoms with Gasteiger partial charge in [-0.2, -0.15) is 0 Å². The number of rotatable bonds is 7. The SMILES string of the molecule is [C-]#[N+]C(\C=C/C=C/C=N/O)(Cc1ccccc1)S(=O)(=O)c1ccc(C)cc1. The molecule has 0 amide bonds. The van der Waals surface area contributed by atoms with Crippen molar-refractivity contribution in [2.45, 2.75) is 23.1 Å². The molecular weight excluding hydrogens is 360 g/mol. The molecule has 0 radical (unpaired) electrons. The number of allylic oxidation sites excluding steroid dienone is 3. The summed E-state index contributed by atoms with van der Waals surface area (Å²) < 4.78 is 26.7. The molecule has 0 aromatic heterocycles. The van der Waals surface area contributed by atoms with Crippen molar-refractivity contribution in [1.29, 1.82) is 0 Å². The second-order valence-electron chi connectivity index (χ2n) is 5.94. The Morgan fingerprint density at radius 2 is 1.74 bits per heavy atom. The minimum Gasteiger partial charge on any atom is -0.411 e. The molecular formula is C21H20N2O3S. The maximum absolute atomic E-state index is 13.4. The average Bonchev–Trinajstić information content (AvgIpc) is 2.68. The predicted molar refractivity (Wildman–Crippen MR) is 106 cm³/mol. The second kappa shape index (κ2) is 8.97. The molecule has 2 rings (SSSR count). The van der Waals surface area contributed by atoms with Gasteiger partial charge < -0.3 is 5.21 Å². The van der Waals surface area contributed by atoms with E-state index in [1.165, 1.54) is 36.4 Å². The van der Waals surface area contributed by atoms with Crippen LogP contribution in [0.1, 0.15) is 11.1 Å². The first-order valence-electron chi connectivity index (χ1n) is 8.21. The summed E-state index contributed by atoms with van der Waals surface area (Å²) in [4.78, 5) is 1.88. The van der Waals surface area contributed by atoms with E-state index >= 15 is 0 Å². The molecule has 0 heterocycles. The van der Waals surface area contributed by atoms with E-state index in [4.69, 9.17) is 11.8 Å². The Morgan fingerprint density at radius 3 is 2.33 bits per heavy atom. The predicted octanol–water partition coefficient (Wildman–Crippen LogP) is 4.20. The molecule has 0 fully saturated rings. The quantitative estimate of drug-likeness (QED) is 0.257. The van der Waals surface area contributed by atoms with Crippen molar-refractivity contribution in [2.75, 3.05) is 0 Å². The molecule has 0 saturated carbocycles. The standard InChI is InChI=1S/C21H20N2O3S/c1-18-11-13-20(14-12-18)27(25,26)21(22-2,15-7-4-8-16-23-24)17-19-9-5-3-6-10-19/h3-16,24H,17H2,1H3/b8-4+,15-7-,23-16+. The molecule has 6 heteroatoms. The molecule has 0 saturated heterocycles. The zero-order valence-corrected chi connectivity index (χ0v) is 15.7. The van der Waals surface area contributed by atoms with E-state index < -0.39 is 14.7 Å². The van der Waals surface area contributed by atoms with Crippen LogP contribution in [0.2, 0.25) is 0 Å². The highest BCUT2D eigenvalue weighted by Crippen LogP contribution is 2.33. The topological polar surface area (TPSA) is 71.1 Å². The van der Waals surface area contributed by atoms with Gasteiger partial charge >= 0.3 is 4.87 Å². The van der Waals surface area contributed by atoms with E-state index in [1.54, 1.807) is 24.3 Å². The summed E-state index contributed by atoms with van der Waals surface area (Å²) in [6.07, 6.45) is 6.97. The van der Waals surface area contributed by atoms with Gasteiger partial charge in [-0.05, 0) is 30.7 Å². The van der Waals surface area contributed by atoms with Crippen molar-refractivity contribution in [3.63, 3.8) is 0 Å². The van der Waals surface area contributed by atoms with Gasteiger partial charge in [0, 0.05) is 6.08 Å². The van der Waals surface area contributed by atoms with Crippen LogP contribution in [0.3, 0.4) is 0 Å². The number of oxime groups is 1. The smallest absolute Gasteiger partial charge is 0.356 e. The first-order chi connectivity index (χ1) is 12.9. The lowest BCUT2D eigenvalue weighted by Crippen LogP contribution is -2.35. The summed E-state index contributed by atoms with van der Waals surface area (Å²) in [7, 11) is -3.98. The molecule has 0 aliphatic carbocycles. The van der Waals surface area contributed by atoms with Crippen molar-refractivity contribution in [3.05, 3.63) is 101 Å². The monoisotopic (exact) mass is 380 g/mol. The van der Waals surface area contributed by atoms with Gasteiger partial charge in [0.2, 0.25) is 0 Å². The summed E-state index contributed by atoms with van der Waals surface area (Å²) in [5.41, 5.74) is 1.68. The zero-order chi connectivity index (χ0) is 19.8. The average molecular weight is 380 g/mol. The minimum atomic E-state index is -3.98. The van der Waals surface area contributed by atoms with Crippen LogP contribution in [0.15, 0.2) is 89.0 Å². The van der Waals surface area contributed by atoms with Crippen LogP contribution in [0, 0.1) is 13.5 Å². The number of hydrogen-bond donors (Lipinski definition) is 1. The third-order valence-corrected chi connectivity index (χ3v) is 6.21. The van der Waals surface area contributed by atoms with Crippen LogP contribution in [0.25, 0.3) is 4.85 Å². The second-order valence-corrected chi connectivity index (χ2v) is 8.13. The fraction of sp³-hybridized carbons (Fsp3) is 0.143. The number of benzene rings is 2.